The topological polar surface area (TPSA) is 37.5 Å². The van der Waals surface area contributed by atoms with Crippen molar-refractivity contribution in [3.05, 3.63) is 23.8 Å². The summed E-state index contributed by atoms with van der Waals surface area (Å²) in [6, 6.07) is 4.00. The number of unbranched alkanes of at least 4 members (excludes halogenated alkanes) is 1. The van der Waals surface area contributed by atoms with E-state index in [9.17, 15) is 5.11 Å². The number of rotatable bonds is 5. The maximum Gasteiger partial charge on any atom is 0.129 e. The van der Waals surface area contributed by atoms with Gasteiger partial charge in [-0.3, -0.25) is 4.99 Å². The number of pyridine rings is 1. The van der Waals surface area contributed by atoms with E-state index in [1.807, 2.05) is 24.0 Å². The van der Waals surface area contributed by atoms with Crippen LogP contribution in [0.2, 0.25) is 0 Å². The zero-order valence-electron chi connectivity index (χ0n) is 10.2. The molecule has 1 unspecified atom stereocenters. The van der Waals surface area contributed by atoms with E-state index in [2.05, 4.69) is 18.0 Å². The highest BCUT2D eigenvalue weighted by Crippen LogP contribution is 2.18. The average Bonchev–Trinajstić information content (AvgIpc) is 2.29. The third kappa shape index (κ3) is 3.68. The van der Waals surface area contributed by atoms with Gasteiger partial charge in [0.25, 0.3) is 0 Å². The number of hydrogen-bond acceptors (Lipinski definition) is 3. The Morgan fingerprint density at radius 3 is 2.81 bits per heavy atom. The van der Waals surface area contributed by atoms with Crippen LogP contribution in [0.3, 0.4) is 0 Å². The molecule has 90 valence electrons. The lowest BCUT2D eigenvalue weighted by atomic mass is 10.4. The molecular formula is C12H20N2OS. The number of thioether (sulfide) groups is 1. The Morgan fingerprint density at radius 1 is 1.50 bits per heavy atom. The summed E-state index contributed by atoms with van der Waals surface area (Å²) >= 11 is 1.82. The highest BCUT2D eigenvalue weighted by molar-refractivity contribution is 7.99. The van der Waals surface area contributed by atoms with Gasteiger partial charge >= 0.3 is 0 Å². The molecule has 0 radical (unpaired) electrons. The minimum atomic E-state index is -0.537. The fourth-order valence-electron chi connectivity index (χ4n) is 1.40. The number of aliphatic hydroxyl groups is 1. The molecule has 1 heterocycles. The van der Waals surface area contributed by atoms with Crippen LogP contribution < -0.4 is 5.49 Å². The van der Waals surface area contributed by atoms with E-state index in [4.69, 9.17) is 0 Å². The highest BCUT2D eigenvalue weighted by Gasteiger charge is 2.02. The van der Waals surface area contributed by atoms with E-state index >= 15 is 0 Å². The maximum absolute atomic E-state index is 9.63. The predicted molar refractivity (Wildman–Crippen MR) is 68.5 cm³/mol. The van der Waals surface area contributed by atoms with Crippen LogP contribution in [0.1, 0.15) is 32.9 Å². The van der Waals surface area contributed by atoms with Gasteiger partial charge in [0, 0.05) is 18.1 Å². The molecule has 0 aliphatic rings. The molecule has 0 amide bonds. The van der Waals surface area contributed by atoms with Gasteiger partial charge in [-0.1, -0.05) is 13.3 Å². The molecule has 1 atom stereocenters. The zero-order chi connectivity index (χ0) is 12.0. The van der Waals surface area contributed by atoms with Crippen molar-refractivity contribution in [3.63, 3.8) is 0 Å². The van der Waals surface area contributed by atoms with Crippen LogP contribution in [0.15, 0.2) is 28.2 Å². The fourth-order valence-corrected chi connectivity index (χ4v) is 2.42. The Hall–Kier alpha value is -0.740. The Balaban J connectivity index is 2.86. The Labute approximate surface area is 101 Å². The summed E-state index contributed by atoms with van der Waals surface area (Å²) in [6.45, 7) is 3.94. The smallest absolute Gasteiger partial charge is 0.129 e. The van der Waals surface area contributed by atoms with Gasteiger partial charge in [-0.05, 0) is 31.2 Å². The molecule has 1 rings (SSSR count). The van der Waals surface area contributed by atoms with Crippen LogP contribution in [-0.2, 0) is 0 Å². The van der Waals surface area contributed by atoms with Crippen molar-refractivity contribution in [2.75, 3.05) is 12.8 Å². The van der Waals surface area contributed by atoms with Crippen molar-refractivity contribution >= 4 is 11.8 Å². The maximum atomic E-state index is 9.63. The molecule has 0 spiro atoms. The average molecular weight is 240 g/mol. The van der Waals surface area contributed by atoms with E-state index in [0.29, 0.717) is 0 Å². The third-order valence-corrected chi connectivity index (χ3v) is 3.39. The molecule has 1 aromatic heterocycles. The van der Waals surface area contributed by atoms with E-state index in [0.717, 1.165) is 11.2 Å². The molecular weight excluding hydrogens is 220 g/mol. The Bertz CT molecular complexity index is 385. The summed E-state index contributed by atoms with van der Waals surface area (Å²) in [5.41, 5.74) is 0.801. The number of aromatic nitrogens is 1. The number of nitrogens with zero attached hydrogens (tertiary/aromatic N) is 2. The van der Waals surface area contributed by atoms with Crippen molar-refractivity contribution in [3.8, 4) is 0 Å². The molecule has 3 nitrogen and oxygen atoms in total. The van der Waals surface area contributed by atoms with E-state index in [-0.39, 0.29) is 0 Å². The second-order valence-corrected chi connectivity index (χ2v) is 4.86. The molecule has 0 aliphatic heterocycles. The molecule has 4 heteroatoms. The molecule has 0 saturated heterocycles. The van der Waals surface area contributed by atoms with Crippen molar-refractivity contribution in [2.24, 2.45) is 4.99 Å². The van der Waals surface area contributed by atoms with Gasteiger partial charge in [-0.2, -0.15) is 0 Å². The second kappa shape index (κ2) is 6.76. The lowest BCUT2D eigenvalue weighted by molar-refractivity contribution is 0.119. The summed E-state index contributed by atoms with van der Waals surface area (Å²) in [5.74, 6) is 1.12. The van der Waals surface area contributed by atoms with E-state index in [1.54, 1.807) is 18.5 Å². The first-order valence-electron chi connectivity index (χ1n) is 5.65. The molecule has 1 N–H and O–H groups in total. The quantitative estimate of drug-likeness (QED) is 0.634. The summed E-state index contributed by atoms with van der Waals surface area (Å²) in [5, 5.41) is 9.63. The van der Waals surface area contributed by atoms with Gasteiger partial charge in [0.2, 0.25) is 0 Å². The van der Waals surface area contributed by atoms with Crippen molar-refractivity contribution < 1.29 is 5.11 Å². The standard InChI is InChI=1S/C12H20N2OS/c1-4-5-8-16-11-6-7-12(13-3)14(9-11)10(2)15/h6-7,9-10,15H,4-5,8H2,1-3H3. The zero-order valence-corrected chi connectivity index (χ0v) is 11.0. The van der Waals surface area contributed by atoms with E-state index in [1.165, 1.54) is 17.7 Å². The first-order valence-corrected chi connectivity index (χ1v) is 6.63. The first kappa shape index (κ1) is 13.3. The number of hydrogen-bond donors (Lipinski definition) is 1. The summed E-state index contributed by atoms with van der Waals surface area (Å²) in [6.07, 6.45) is 3.86. The second-order valence-electron chi connectivity index (χ2n) is 3.69. The molecule has 0 fully saturated rings. The van der Waals surface area contributed by atoms with Crippen molar-refractivity contribution in [2.45, 2.75) is 37.8 Å². The number of aliphatic hydroxyl groups excluding tert-OH is 1. The van der Waals surface area contributed by atoms with Crippen LogP contribution in [-0.4, -0.2) is 22.5 Å². The van der Waals surface area contributed by atoms with Crippen LogP contribution >= 0.6 is 11.8 Å². The SMILES string of the molecule is CCCCSc1ccc(=NC)n(C(C)O)c1. The van der Waals surface area contributed by atoms with Crippen LogP contribution in [0.5, 0.6) is 0 Å². The lowest BCUT2D eigenvalue weighted by Crippen LogP contribution is -2.23. The molecule has 1 aromatic rings. The van der Waals surface area contributed by atoms with Gasteiger partial charge in [0.1, 0.15) is 11.7 Å². The third-order valence-electron chi connectivity index (χ3n) is 2.33. The minimum Gasteiger partial charge on any atom is -0.374 e. The molecule has 0 aromatic carbocycles. The fraction of sp³-hybridized carbons (Fsp3) is 0.583. The molecule has 0 bridgehead atoms. The Kier molecular flexibility index (Phi) is 5.63. The highest BCUT2D eigenvalue weighted by atomic mass is 32.2. The van der Waals surface area contributed by atoms with Crippen molar-refractivity contribution in [1.29, 1.82) is 0 Å². The van der Waals surface area contributed by atoms with Gasteiger partial charge in [-0.25, -0.2) is 0 Å². The van der Waals surface area contributed by atoms with Crippen LogP contribution in [0, 0.1) is 0 Å². The molecule has 16 heavy (non-hydrogen) atoms. The van der Waals surface area contributed by atoms with Crippen molar-refractivity contribution in [1.82, 2.24) is 4.57 Å². The summed E-state index contributed by atoms with van der Waals surface area (Å²) in [4.78, 5) is 5.31. The minimum absolute atomic E-state index is 0.537. The summed E-state index contributed by atoms with van der Waals surface area (Å²) < 4.78 is 1.79. The van der Waals surface area contributed by atoms with Crippen LogP contribution in [0.25, 0.3) is 0 Å². The molecule has 0 saturated carbocycles. The molecule has 0 aliphatic carbocycles. The van der Waals surface area contributed by atoms with Gasteiger partial charge < -0.3 is 9.67 Å². The largest absolute Gasteiger partial charge is 0.374 e. The lowest BCUT2D eigenvalue weighted by Gasteiger charge is -2.12. The van der Waals surface area contributed by atoms with Gasteiger partial charge in [-0.15, -0.1) is 11.8 Å². The van der Waals surface area contributed by atoms with E-state index < -0.39 is 6.23 Å². The Morgan fingerprint density at radius 2 is 2.25 bits per heavy atom. The summed E-state index contributed by atoms with van der Waals surface area (Å²) in [7, 11) is 1.73. The predicted octanol–water partition coefficient (Wildman–Crippen LogP) is 2.42. The van der Waals surface area contributed by atoms with Gasteiger partial charge in [0.15, 0.2) is 0 Å². The first-order chi connectivity index (χ1) is 7.69. The van der Waals surface area contributed by atoms with Crippen LogP contribution in [0.4, 0.5) is 0 Å². The normalized spacial score (nSPS) is 14.1. The monoisotopic (exact) mass is 240 g/mol. The van der Waals surface area contributed by atoms with Gasteiger partial charge in [0.05, 0.1) is 0 Å².